The summed E-state index contributed by atoms with van der Waals surface area (Å²) in [7, 11) is -3.90. The molecule has 2 N–H and O–H groups in total. The van der Waals surface area contributed by atoms with Crippen molar-refractivity contribution >= 4 is 27.8 Å². The van der Waals surface area contributed by atoms with Crippen molar-refractivity contribution < 1.29 is 31.5 Å². The molecule has 0 amide bonds. The van der Waals surface area contributed by atoms with E-state index in [1.807, 2.05) is 4.72 Å². The molecule has 0 aliphatic rings. The highest BCUT2D eigenvalue weighted by Gasteiger charge is 2.27. The van der Waals surface area contributed by atoms with E-state index in [9.17, 15) is 26.4 Å². The number of alkyl halides is 3. The van der Waals surface area contributed by atoms with Crippen LogP contribution >= 0.6 is 11.8 Å². The molecular weight excluding hydrogens is 331 g/mol. The van der Waals surface area contributed by atoms with E-state index in [-0.39, 0.29) is 29.6 Å². The van der Waals surface area contributed by atoms with Crippen LogP contribution in [0.2, 0.25) is 0 Å². The van der Waals surface area contributed by atoms with Gasteiger partial charge in [0.1, 0.15) is 0 Å². The molecule has 1 aromatic carbocycles. The molecule has 0 aromatic heterocycles. The topological polar surface area (TPSA) is 83.5 Å². The van der Waals surface area contributed by atoms with Crippen LogP contribution in [0.4, 0.5) is 13.2 Å². The van der Waals surface area contributed by atoms with Gasteiger partial charge in [0.2, 0.25) is 10.0 Å². The predicted molar refractivity (Wildman–Crippen MR) is 71.5 cm³/mol. The molecule has 0 saturated carbocycles. The van der Waals surface area contributed by atoms with Crippen molar-refractivity contribution in [2.45, 2.75) is 16.8 Å². The first-order chi connectivity index (χ1) is 9.60. The highest BCUT2D eigenvalue weighted by Crippen LogP contribution is 2.29. The van der Waals surface area contributed by atoms with E-state index in [2.05, 4.69) is 0 Å². The molecule has 0 atom stereocenters. The quantitative estimate of drug-likeness (QED) is 0.738. The zero-order chi connectivity index (χ0) is 16.1. The average Bonchev–Trinajstić information content (AvgIpc) is 2.33. The molecule has 118 valence electrons. The van der Waals surface area contributed by atoms with Gasteiger partial charge in [0.05, 0.1) is 11.3 Å². The summed E-state index contributed by atoms with van der Waals surface area (Å²) in [5.41, 5.74) is -3.97. The smallest absolute Gasteiger partial charge is 0.441 e. The van der Waals surface area contributed by atoms with E-state index in [1.54, 1.807) is 0 Å². The number of sulfonamides is 1. The molecule has 21 heavy (non-hydrogen) atoms. The normalized spacial score (nSPS) is 12.3. The van der Waals surface area contributed by atoms with Gasteiger partial charge in [-0.05, 0) is 29.5 Å². The van der Waals surface area contributed by atoms with Crippen LogP contribution in [0.25, 0.3) is 0 Å². The Morgan fingerprint density at radius 2 is 1.81 bits per heavy atom. The second kappa shape index (κ2) is 7.14. The third-order valence-electron chi connectivity index (χ3n) is 2.25. The van der Waals surface area contributed by atoms with Crippen molar-refractivity contribution in [3.05, 3.63) is 29.8 Å². The number of nitrogens with one attached hydrogen (secondary N) is 1. The SMILES string of the molecule is O=C(O)Cc1ccc(S(=O)(=O)NCCSC(F)(F)F)cc1. The van der Waals surface area contributed by atoms with Crippen molar-refractivity contribution in [2.24, 2.45) is 0 Å². The fourth-order valence-corrected chi connectivity index (χ4v) is 2.98. The number of rotatable bonds is 7. The van der Waals surface area contributed by atoms with Crippen LogP contribution in [-0.4, -0.2) is 37.3 Å². The number of thioether (sulfide) groups is 1. The van der Waals surface area contributed by atoms with E-state index < -0.39 is 27.3 Å². The van der Waals surface area contributed by atoms with Crippen molar-refractivity contribution in [2.75, 3.05) is 12.3 Å². The zero-order valence-electron chi connectivity index (χ0n) is 10.6. The van der Waals surface area contributed by atoms with Gasteiger partial charge in [0, 0.05) is 12.3 Å². The monoisotopic (exact) mass is 343 g/mol. The Kier molecular flexibility index (Phi) is 6.05. The van der Waals surface area contributed by atoms with Gasteiger partial charge in [-0.25, -0.2) is 13.1 Å². The maximum atomic E-state index is 11.9. The van der Waals surface area contributed by atoms with Crippen LogP contribution in [0.5, 0.6) is 0 Å². The number of benzene rings is 1. The molecule has 0 heterocycles. The number of hydrogen-bond donors (Lipinski definition) is 2. The van der Waals surface area contributed by atoms with Crippen molar-refractivity contribution in [1.29, 1.82) is 0 Å². The molecule has 5 nitrogen and oxygen atoms in total. The van der Waals surface area contributed by atoms with Gasteiger partial charge in [-0.15, -0.1) is 0 Å². The molecule has 0 saturated heterocycles. The van der Waals surface area contributed by atoms with Crippen LogP contribution in [0.3, 0.4) is 0 Å². The average molecular weight is 343 g/mol. The summed E-state index contributed by atoms with van der Waals surface area (Å²) >= 11 is -0.313. The lowest BCUT2D eigenvalue weighted by Gasteiger charge is -2.08. The molecule has 0 aliphatic carbocycles. The lowest BCUT2D eigenvalue weighted by molar-refractivity contribution is -0.136. The van der Waals surface area contributed by atoms with Gasteiger partial charge in [0.25, 0.3) is 0 Å². The molecule has 1 rings (SSSR count). The number of hydrogen-bond acceptors (Lipinski definition) is 4. The number of carboxylic acid groups (broad SMARTS) is 1. The Hall–Kier alpha value is -1.26. The van der Waals surface area contributed by atoms with Crippen LogP contribution in [0.15, 0.2) is 29.2 Å². The van der Waals surface area contributed by atoms with Crippen LogP contribution in [0.1, 0.15) is 5.56 Å². The van der Waals surface area contributed by atoms with E-state index in [1.165, 1.54) is 24.3 Å². The Balaban J connectivity index is 2.60. The maximum absolute atomic E-state index is 11.9. The fourth-order valence-electron chi connectivity index (χ4n) is 1.39. The van der Waals surface area contributed by atoms with E-state index in [0.29, 0.717) is 5.56 Å². The third kappa shape index (κ3) is 6.82. The zero-order valence-corrected chi connectivity index (χ0v) is 12.2. The molecule has 0 spiro atoms. The summed E-state index contributed by atoms with van der Waals surface area (Å²) in [6, 6.07) is 5.09. The molecule has 1 aromatic rings. The highest BCUT2D eigenvalue weighted by molar-refractivity contribution is 8.00. The van der Waals surface area contributed by atoms with Gasteiger partial charge in [-0.2, -0.15) is 13.2 Å². The third-order valence-corrected chi connectivity index (χ3v) is 4.46. The second-order valence-electron chi connectivity index (χ2n) is 3.91. The lowest BCUT2D eigenvalue weighted by atomic mass is 10.2. The molecule has 0 bridgehead atoms. The Morgan fingerprint density at radius 3 is 2.29 bits per heavy atom. The summed E-state index contributed by atoms with van der Waals surface area (Å²) in [5.74, 6) is -1.48. The van der Waals surface area contributed by atoms with Crippen LogP contribution in [-0.2, 0) is 21.2 Å². The standard InChI is InChI=1S/C11H12F3NO4S2/c12-11(13,14)20-6-5-15-21(18,19)9-3-1-8(2-4-9)7-10(16)17/h1-4,15H,5-7H2,(H,16,17). The highest BCUT2D eigenvalue weighted by atomic mass is 32.2. The van der Waals surface area contributed by atoms with Crippen molar-refractivity contribution in [3.8, 4) is 0 Å². The molecule has 0 aliphatic heterocycles. The molecule has 0 radical (unpaired) electrons. The largest absolute Gasteiger partial charge is 0.481 e. The Morgan fingerprint density at radius 1 is 1.24 bits per heavy atom. The summed E-state index contributed by atoms with van der Waals surface area (Å²) < 4.78 is 61.2. The lowest BCUT2D eigenvalue weighted by Crippen LogP contribution is -2.26. The number of carboxylic acids is 1. The van der Waals surface area contributed by atoms with E-state index in [4.69, 9.17) is 5.11 Å². The molecule has 10 heteroatoms. The number of halogens is 3. The minimum Gasteiger partial charge on any atom is -0.481 e. The minimum atomic E-state index is -4.40. The maximum Gasteiger partial charge on any atom is 0.441 e. The summed E-state index contributed by atoms with van der Waals surface area (Å²) in [5, 5.41) is 8.58. The summed E-state index contributed by atoms with van der Waals surface area (Å²) in [4.78, 5) is 10.4. The number of aliphatic carboxylic acids is 1. The summed E-state index contributed by atoms with van der Waals surface area (Å²) in [6.07, 6.45) is -0.240. The van der Waals surface area contributed by atoms with Gasteiger partial charge in [-0.3, -0.25) is 4.79 Å². The van der Waals surface area contributed by atoms with Crippen LogP contribution in [0, 0.1) is 0 Å². The first kappa shape index (κ1) is 17.8. The first-order valence-electron chi connectivity index (χ1n) is 5.61. The second-order valence-corrected chi connectivity index (χ2v) is 6.83. The van der Waals surface area contributed by atoms with Crippen molar-refractivity contribution in [3.63, 3.8) is 0 Å². The first-order valence-corrected chi connectivity index (χ1v) is 8.08. The molecule has 0 fully saturated rings. The van der Waals surface area contributed by atoms with Gasteiger partial charge in [0.15, 0.2) is 0 Å². The van der Waals surface area contributed by atoms with Crippen molar-refractivity contribution in [1.82, 2.24) is 4.72 Å². The summed E-state index contributed by atoms with van der Waals surface area (Å²) in [6.45, 7) is -0.358. The van der Waals surface area contributed by atoms with Gasteiger partial charge < -0.3 is 5.11 Å². The Bertz CT molecular complexity index is 584. The fraction of sp³-hybridized carbons (Fsp3) is 0.364. The Labute approximate surface area is 123 Å². The van der Waals surface area contributed by atoms with Gasteiger partial charge >= 0.3 is 11.5 Å². The predicted octanol–water partition coefficient (Wildman–Crippen LogP) is 1.85. The molecular formula is C11H12F3NO4S2. The van der Waals surface area contributed by atoms with Gasteiger partial charge in [-0.1, -0.05) is 12.1 Å². The molecule has 0 unspecified atom stereocenters. The van der Waals surface area contributed by atoms with Crippen LogP contribution < -0.4 is 4.72 Å². The number of carbonyl (C=O) groups is 1. The minimum absolute atomic E-state index is 0.131. The van der Waals surface area contributed by atoms with E-state index in [0.717, 1.165) is 0 Å². The van der Waals surface area contributed by atoms with E-state index >= 15 is 0 Å².